The monoisotopic (exact) mass is 382 g/mol. The van der Waals surface area contributed by atoms with Crippen molar-refractivity contribution in [3.63, 3.8) is 0 Å². The van der Waals surface area contributed by atoms with E-state index in [1.54, 1.807) is 0 Å². The molecule has 1 saturated carbocycles. The lowest BCUT2D eigenvalue weighted by Gasteiger charge is -2.47. The summed E-state index contributed by atoms with van der Waals surface area (Å²) in [6.07, 6.45) is -0.201. The zero-order valence-electron chi connectivity index (χ0n) is 26.4. The quantitative estimate of drug-likeness (QED) is 0.590. The van der Waals surface area contributed by atoms with Crippen molar-refractivity contribution in [1.82, 2.24) is 0 Å². The van der Waals surface area contributed by atoms with Crippen molar-refractivity contribution in [2.24, 2.45) is 5.89 Å². The van der Waals surface area contributed by atoms with Gasteiger partial charge in [-0.25, -0.2) is 0 Å². The highest BCUT2D eigenvalue weighted by molar-refractivity contribution is 5.81. The van der Waals surface area contributed by atoms with Crippen LogP contribution >= 0.6 is 0 Å². The fourth-order valence-electron chi connectivity index (χ4n) is 3.92. The first-order valence-corrected chi connectivity index (χ1v) is 9.72. The molecule has 0 saturated heterocycles. The number of unbranched alkanes of at least 4 members (excludes halogenated alkanes) is 3. The predicted molar refractivity (Wildman–Crippen MR) is 110 cm³/mol. The molecule has 1 aromatic carbocycles. The lowest BCUT2D eigenvalue weighted by molar-refractivity contribution is -0.124. The van der Waals surface area contributed by atoms with Gasteiger partial charge < -0.3 is 9.84 Å². The number of rotatable bonds is 6. The number of ether oxygens (including phenoxy) is 1. The van der Waals surface area contributed by atoms with Crippen LogP contribution in [-0.4, -0.2) is 16.5 Å². The fourth-order valence-corrected chi connectivity index (χ4v) is 3.92. The van der Waals surface area contributed by atoms with Crippen LogP contribution in [-0.2, 0) is 10.2 Å². The van der Waals surface area contributed by atoms with Crippen molar-refractivity contribution in [1.29, 1.82) is 0 Å². The molecule has 0 amide bonds. The average molecular weight is 383 g/mol. The van der Waals surface area contributed by atoms with E-state index in [4.69, 9.17) is 15.7 Å². The van der Waals surface area contributed by atoms with E-state index in [1.165, 1.54) is 12.1 Å². The number of carbonyl (C=O) groups excluding carboxylic acids is 1. The number of hydrogen-bond acceptors (Lipinski definition) is 3. The Morgan fingerprint density at radius 3 is 2.85 bits per heavy atom. The van der Waals surface area contributed by atoms with Gasteiger partial charge in [0.2, 0.25) is 0 Å². The second kappa shape index (κ2) is 7.48. The molecule has 2 atom stereocenters. The summed E-state index contributed by atoms with van der Waals surface area (Å²) in [6.45, 7) is -1.28. The van der Waals surface area contributed by atoms with Gasteiger partial charge in [-0.3, -0.25) is 4.79 Å². The Balaban J connectivity index is 2.37. The molecular weight excluding hydrogens is 336 g/mol. The number of phenolic OH excluding ortho intramolecular Hbond substituents is 1. The molecule has 1 aliphatic heterocycles. The van der Waals surface area contributed by atoms with E-state index in [1.807, 2.05) is 13.8 Å². The van der Waals surface area contributed by atoms with E-state index in [0.29, 0.717) is 12.0 Å². The summed E-state index contributed by atoms with van der Waals surface area (Å²) in [7, 11) is 0. The third kappa shape index (κ3) is 4.02. The zero-order chi connectivity index (χ0) is 28.5. The maximum absolute atomic E-state index is 12.7. The van der Waals surface area contributed by atoms with Gasteiger partial charge in [-0.05, 0) is 49.6 Å². The number of ketones is 1. The molecule has 3 heteroatoms. The molecule has 0 spiro atoms. The summed E-state index contributed by atoms with van der Waals surface area (Å²) in [5.74, 6) is -7.82. The van der Waals surface area contributed by atoms with Crippen molar-refractivity contribution < 1.29 is 28.3 Å². The van der Waals surface area contributed by atoms with Crippen molar-refractivity contribution in [3.05, 3.63) is 23.3 Å². The highest BCUT2D eigenvalue weighted by Crippen LogP contribution is 2.54. The number of carbonyl (C=O) groups is 1. The minimum absolute atomic E-state index is 0.424. The highest BCUT2D eigenvalue weighted by atomic mass is 16.5. The maximum Gasteiger partial charge on any atom is 0.133 e. The standard InChI is InChI=1S/C24H36O3/c1-6-7-8-9-12-23(2,3)16-13-20(26)22-18-15-17(25)10-11-19(18)24(4,5)27-21(22)14-16/h13-14,18-19,26H,6-12,15H2,1-5H3/t18-,19-/m1/s1/i4D3,5D3,11D2,18D,19D. The van der Waals surface area contributed by atoms with Crippen LogP contribution in [0.3, 0.4) is 0 Å². The smallest absolute Gasteiger partial charge is 0.133 e. The summed E-state index contributed by atoms with van der Waals surface area (Å²) in [5.41, 5.74) is -3.97. The van der Waals surface area contributed by atoms with Crippen LogP contribution in [0.25, 0.3) is 0 Å². The summed E-state index contributed by atoms with van der Waals surface area (Å²) in [5, 5.41) is 11.2. The van der Waals surface area contributed by atoms with E-state index in [2.05, 4.69) is 6.92 Å². The molecule has 2 aliphatic rings. The molecule has 0 unspecified atom stereocenters. The lowest BCUT2D eigenvalue weighted by atomic mass is 9.66. The number of Topliss-reactive ketones (excluding diaryl/α,β-unsaturated/α-hetero) is 1. The molecule has 1 aromatic rings. The van der Waals surface area contributed by atoms with E-state index < -0.39 is 78.6 Å². The van der Waals surface area contributed by atoms with Crippen LogP contribution < -0.4 is 4.74 Å². The molecule has 150 valence electrons. The van der Waals surface area contributed by atoms with Gasteiger partial charge in [-0.2, -0.15) is 0 Å². The molecule has 3 nitrogen and oxygen atoms in total. The van der Waals surface area contributed by atoms with E-state index in [-0.39, 0.29) is 0 Å². The van der Waals surface area contributed by atoms with Crippen LogP contribution in [0.15, 0.2) is 12.1 Å². The molecule has 0 bridgehead atoms. The van der Waals surface area contributed by atoms with Crippen molar-refractivity contribution >= 4 is 5.78 Å². The topological polar surface area (TPSA) is 46.5 Å². The van der Waals surface area contributed by atoms with Gasteiger partial charge in [-0.1, -0.05) is 46.5 Å². The van der Waals surface area contributed by atoms with E-state index >= 15 is 0 Å². The van der Waals surface area contributed by atoms with Gasteiger partial charge in [0.15, 0.2) is 0 Å². The Bertz CT molecular complexity index is 1050. The Morgan fingerprint density at radius 1 is 1.37 bits per heavy atom. The van der Waals surface area contributed by atoms with Crippen LogP contribution in [0.4, 0.5) is 0 Å². The average Bonchev–Trinajstić information content (AvgIpc) is 2.70. The van der Waals surface area contributed by atoms with Crippen LogP contribution in [0, 0.1) is 5.89 Å². The molecule has 1 heterocycles. The molecule has 0 radical (unpaired) electrons. The zero-order valence-corrected chi connectivity index (χ0v) is 16.4. The Labute approximate surface area is 178 Å². The summed E-state index contributed by atoms with van der Waals surface area (Å²) < 4.78 is 90.8. The SMILES string of the molecule is [2H]C([2H])([2H])C1(C([2H])([2H])[2H])Oc2cc(C(C)(C)CCCCCC)cc(O)c2[C@]2([2H])CC(=O)CC([2H])([2H])[C@@]12[2H]. The van der Waals surface area contributed by atoms with Crippen LogP contribution in [0.5, 0.6) is 11.5 Å². The minimum Gasteiger partial charge on any atom is -0.508 e. The predicted octanol–water partition coefficient (Wildman–Crippen LogP) is 6.26. The fraction of sp³-hybridized carbons (Fsp3) is 0.708. The number of hydrogen-bond donors (Lipinski definition) is 1. The molecule has 3 rings (SSSR count). The first-order valence-electron chi connectivity index (χ1n) is 14.7. The molecule has 1 N–H and O–H groups in total. The normalized spacial score (nSPS) is 37.8. The maximum atomic E-state index is 12.7. The Morgan fingerprint density at radius 2 is 2.15 bits per heavy atom. The Hall–Kier alpha value is -1.51. The van der Waals surface area contributed by atoms with Gasteiger partial charge in [0.1, 0.15) is 22.9 Å². The molecule has 1 fully saturated rings. The summed E-state index contributed by atoms with van der Waals surface area (Å²) >= 11 is 0. The highest BCUT2D eigenvalue weighted by Gasteiger charge is 2.47. The van der Waals surface area contributed by atoms with E-state index in [9.17, 15) is 12.6 Å². The first-order chi connectivity index (χ1) is 16.6. The molecule has 1 aliphatic carbocycles. The van der Waals surface area contributed by atoms with Gasteiger partial charge in [-0.15, -0.1) is 0 Å². The number of aromatic hydroxyl groups is 1. The third-order valence-corrected chi connectivity index (χ3v) is 5.57. The second-order valence-corrected chi connectivity index (χ2v) is 8.27. The third-order valence-electron chi connectivity index (χ3n) is 5.57. The van der Waals surface area contributed by atoms with E-state index in [0.717, 1.165) is 25.7 Å². The largest absolute Gasteiger partial charge is 0.508 e. The van der Waals surface area contributed by atoms with Crippen molar-refractivity contribution in [2.45, 2.75) is 103 Å². The summed E-state index contributed by atoms with van der Waals surface area (Å²) in [4.78, 5) is 12.7. The van der Waals surface area contributed by atoms with Crippen molar-refractivity contribution in [3.8, 4) is 11.5 Å². The molecule has 27 heavy (non-hydrogen) atoms. The summed E-state index contributed by atoms with van der Waals surface area (Å²) in [6, 6.07) is 2.75. The van der Waals surface area contributed by atoms with Gasteiger partial charge in [0, 0.05) is 43.9 Å². The number of benzene rings is 1. The van der Waals surface area contributed by atoms with Gasteiger partial charge in [0.05, 0.1) is 0 Å². The number of phenols is 1. The van der Waals surface area contributed by atoms with Crippen LogP contribution in [0.1, 0.15) is 117 Å². The molecular formula is C24H36O3. The van der Waals surface area contributed by atoms with Gasteiger partial charge >= 0.3 is 0 Å². The first kappa shape index (κ1) is 10.9. The van der Waals surface area contributed by atoms with Crippen LogP contribution in [0.2, 0.25) is 0 Å². The molecule has 0 aromatic heterocycles. The Kier molecular flexibility index (Phi) is 3.02. The van der Waals surface area contributed by atoms with Gasteiger partial charge in [0.25, 0.3) is 0 Å². The minimum atomic E-state index is -3.60. The lowest BCUT2D eigenvalue weighted by Crippen LogP contribution is -2.47. The van der Waals surface area contributed by atoms with Crippen molar-refractivity contribution in [2.75, 3.05) is 0 Å². The number of fused-ring (bicyclic) bond motifs is 3. The second-order valence-electron chi connectivity index (χ2n) is 8.27.